The first-order valence-corrected chi connectivity index (χ1v) is 10.4. The average molecular weight is 371 g/mol. The van der Waals surface area contributed by atoms with Gasteiger partial charge in [0, 0.05) is 42.7 Å². The Balaban J connectivity index is 1.32. The molecule has 2 aliphatic heterocycles. The van der Waals surface area contributed by atoms with Crippen LogP contribution in [-0.2, 0) is 13.0 Å². The second-order valence-electron chi connectivity index (χ2n) is 7.07. The number of fused-ring (bicyclic) bond motifs is 1. The van der Waals surface area contributed by atoms with Gasteiger partial charge in [-0.15, -0.1) is 11.3 Å². The fourth-order valence-corrected chi connectivity index (χ4v) is 4.95. The Kier molecular flexibility index (Phi) is 5.27. The molecule has 2 aliphatic rings. The lowest BCUT2D eigenvalue weighted by molar-refractivity contribution is 0.0600. The zero-order chi connectivity index (χ0) is 17.9. The molecule has 5 heteroatoms. The Hall–Kier alpha value is -1.85. The highest BCUT2D eigenvalue weighted by atomic mass is 32.1. The number of likely N-dealkylation sites (tertiary alicyclic amines) is 1. The second-order valence-corrected chi connectivity index (χ2v) is 8.07. The molecular weight excluding hydrogens is 344 g/mol. The highest BCUT2D eigenvalue weighted by molar-refractivity contribution is 7.10. The van der Waals surface area contributed by atoms with E-state index in [0.717, 1.165) is 50.3 Å². The van der Waals surface area contributed by atoms with E-state index in [4.69, 9.17) is 4.74 Å². The quantitative estimate of drug-likeness (QED) is 0.820. The van der Waals surface area contributed by atoms with Crippen LogP contribution in [0.1, 0.15) is 40.6 Å². The monoisotopic (exact) mass is 370 g/mol. The van der Waals surface area contributed by atoms with Crippen LogP contribution in [0.15, 0.2) is 35.7 Å². The van der Waals surface area contributed by atoms with E-state index in [-0.39, 0.29) is 5.91 Å². The summed E-state index contributed by atoms with van der Waals surface area (Å²) in [6.07, 6.45) is 3.32. The van der Waals surface area contributed by atoms with Gasteiger partial charge >= 0.3 is 0 Å². The zero-order valence-corrected chi connectivity index (χ0v) is 16.1. The third kappa shape index (κ3) is 3.64. The molecule has 26 heavy (non-hydrogen) atoms. The van der Waals surface area contributed by atoms with Crippen molar-refractivity contribution in [1.29, 1.82) is 0 Å². The number of carbonyl (C=O) groups is 1. The molecule has 0 aliphatic carbocycles. The van der Waals surface area contributed by atoms with E-state index >= 15 is 0 Å². The molecule has 2 aromatic rings. The fourth-order valence-electron chi connectivity index (χ4n) is 4.06. The summed E-state index contributed by atoms with van der Waals surface area (Å²) in [7, 11) is 0. The van der Waals surface area contributed by atoms with Crippen molar-refractivity contribution in [3.05, 3.63) is 51.7 Å². The molecule has 1 aromatic heterocycles. The Morgan fingerprint density at radius 2 is 1.92 bits per heavy atom. The first-order chi connectivity index (χ1) is 12.7. The van der Waals surface area contributed by atoms with Gasteiger partial charge in [-0.1, -0.05) is 0 Å². The van der Waals surface area contributed by atoms with Crippen LogP contribution in [0.25, 0.3) is 0 Å². The number of hydrogen-bond acceptors (Lipinski definition) is 4. The van der Waals surface area contributed by atoms with Gasteiger partial charge in [-0.05, 0) is 67.5 Å². The van der Waals surface area contributed by atoms with Crippen LogP contribution in [0.3, 0.4) is 0 Å². The Labute approximate surface area is 159 Å². The smallest absolute Gasteiger partial charge is 0.253 e. The van der Waals surface area contributed by atoms with Crippen LogP contribution in [0, 0.1) is 0 Å². The Bertz CT molecular complexity index is 748. The summed E-state index contributed by atoms with van der Waals surface area (Å²) < 4.78 is 5.46. The molecule has 0 radical (unpaired) electrons. The minimum Gasteiger partial charge on any atom is -0.494 e. The first kappa shape index (κ1) is 17.6. The largest absolute Gasteiger partial charge is 0.494 e. The third-order valence-corrected chi connectivity index (χ3v) is 6.54. The number of thiophene rings is 1. The van der Waals surface area contributed by atoms with E-state index in [1.54, 1.807) is 4.88 Å². The highest BCUT2D eigenvalue weighted by Gasteiger charge is 2.29. The molecule has 0 atom stereocenters. The van der Waals surface area contributed by atoms with Crippen molar-refractivity contribution in [3.63, 3.8) is 0 Å². The molecule has 4 rings (SSSR count). The zero-order valence-electron chi connectivity index (χ0n) is 15.3. The molecular formula is C21H26N2O2S. The van der Waals surface area contributed by atoms with Crippen LogP contribution in [0.2, 0.25) is 0 Å². The third-order valence-electron chi connectivity index (χ3n) is 5.52. The van der Waals surface area contributed by atoms with Crippen LogP contribution in [0.4, 0.5) is 0 Å². The standard InChI is InChI=1S/C21H26N2O2S/c1-2-25-19-5-3-16(4-6-19)21(24)22-11-7-18(8-12-22)23-13-9-20-17(15-23)10-14-26-20/h3-6,10,14,18H,2,7-9,11-13,15H2,1H3. The number of piperidine rings is 1. The van der Waals surface area contributed by atoms with Crippen molar-refractivity contribution in [3.8, 4) is 5.75 Å². The van der Waals surface area contributed by atoms with Gasteiger partial charge in [0.2, 0.25) is 0 Å². The van der Waals surface area contributed by atoms with E-state index in [9.17, 15) is 4.79 Å². The van der Waals surface area contributed by atoms with Crippen LogP contribution in [0.5, 0.6) is 5.75 Å². The lowest BCUT2D eigenvalue weighted by Gasteiger charge is -2.40. The Morgan fingerprint density at radius 3 is 2.65 bits per heavy atom. The summed E-state index contributed by atoms with van der Waals surface area (Å²) in [5.74, 6) is 0.964. The molecule has 1 saturated heterocycles. The van der Waals surface area contributed by atoms with Gasteiger partial charge in [-0.25, -0.2) is 0 Å². The minimum atomic E-state index is 0.144. The molecule has 3 heterocycles. The van der Waals surface area contributed by atoms with E-state index in [2.05, 4.69) is 16.3 Å². The van der Waals surface area contributed by atoms with E-state index in [1.165, 1.54) is 12.0 Å². The topological polar surface area (TPSA) is 32.8 Å². The molecule has 0 unspecified atom stereocenters. The maximum absolute atomic E-state index is 12.8. The van der Waals surface area contributed by atoms with Crippen molar-refractivity contribution in [2.45, 2.75) is 38.8 Å². The molecule has 0 bridgehead atoms. The number of hydrogen-bond donors (Lipinski definition) is 0. The van der Waals surface area contributed by atoms with Crippen molar-refractivity contribution >= 4 is 17.2 Å². The molecule has 138 valence electrons. The van der Waals surface area contributed by atoms with Gasteiger partial charge in [0.15, 0.2) is 0 Å². The summed E-state index contributed by atoms with van der Waals surface area (Å²) >= 11 is 1.89. The van der Waals surface area contributed by atoms with Crippen LogP contribution < -0.4 is 4.74 Å². The molecule has 0 saturated carbocycles. The van der Waals surface area contributed by atoms with E-state index in [1.807, 2.05) is 47.4 Å². The van der Waals surface area contributed by atoms with Crippen molar-refractivity contribution in [1.82, 2.24) is 9.80 Å². The minimum absolute atomic E-state index is 0.144. The fraction of sp³-hybridized carbons (Fsp3) is 0.476. The number of amides is 1. The summed E-state index contributed by atoms with van der Waals surface area (Å²) in [6.45, 7) is 6.55. The van der Waals surface area contributed by atoms with Gasteiger partial charge in [0.1, 0.15) is 5.75 Å². The van der Waals surface area contributed by atoms with Crippen molar-refractivity contribution in [2.75, 3.05) is 26.2 Å². The van der Waals surface area contributed by atoms with Crippen LogP contribution >= 0.6 is 11.3 Å². The second kappa shape index (κ2) is 7.80. The molecule has 1 fully saturated rings. The van der Waals surface area contributed by atoms with Gasteiger partial charge in [0.25, 0.3) is 5.91 Å². The number of nitrogens with zero attached hydrogens (tertiary/aromatic N) is 2. The maximum Gasteiger partial charge on any atom is 0.253 e. The predicted octanol–water partition coefficient (Wildman–Crippen LogP) is 3.81. The normalized spacial score (nSPS) is 18.6. The molecule has 1 aromatic carbocycles. The molecule has 0 spiro atoms. The summed E-state index contributed by atoms with van der Waals surface area (Å²) in [5, 5.41) is 2.21. The number of benzene rings is 1. The average Bonchev–Trinajstić information content (AvgIpc) is 3.16. The summed E-state index contributed by atoms with van der Waals surface area (Å²) in [5.41, 5.74) is 2.27. The van der Waals surface area contributed by atoms with Gasteiger partial charge in [0.05, 0.1) is 6.61 Å². The SMILES string of the molecule is CCOc1ccc(C(=O)N2CCC(N3CCc4sccc4C3)CC2)cc1. The van der Waals surface area contributed by atoms with E-state index < -0.39 is 0 Å². The van der Waals surface area contributed by atoms with Crippen molar-refractivity contribution in [2.24, 2.45) is 0 Å². The molecule has 0 N–H and O–H groups in total. The predicted molar refractivity (Wildman–Crippen MR) is 105 cm³/mol. The van der Waals surface area contributed by atoms with Crippen molar-refractivity contribution < 1.29 is 9.53 Å². The number of ether oxygens (including phenoxy) is 1. The van der Waals surface area contributed by atoms with Gasteiger partial charge < -0.3 is 9.64 Å². The van der Waals surface area contributed by atoms with Gasteiger partial charge in [-0.2, -0.15) is 0 Å². The van der Waals surface area contributed by atoms with Gasteiger partial charge in [-0.3, -0.25) is 9.69 Å². The summed E-state index contributed by atoms with van der Waals surface area (Å²) in [6, 6.07) is 10.4. The number of carbonyl (C=O) groups excluding carboxylic acids is 1. The first-order valence-electron chi connectivity index (χ1n) is 9.56. The summed E-state index contributed by atoms with van der Waals surface area (Å²) in [4.78, 5) is 18.9. The lowest BCUT2D eigenvalue weighted by Crippen LogP contribution is -2.47. The van der Waals surface area contributed by atoms with Crippen LogP contribution in [-0.4, -0.2) is 48.0 Å². The lowest BCUT2D eigenvalue weighted by atomic mass is 9.99. The molecule has 1 amide bonds. The number of rotatable bonds is 4. The Morgan fingerprint density at radius 1 is 1.15 bits per heavy atom. The highest BCUT2D eigenvalue weighted by Crippen LogP contribution is 2.28. The maximum atomic E-state index is 12.8. The van der Waals surface area contributed by atoms with E-state index in [0.29, 0.717) is 12.6 Å². The molecule has 4 nitrogen and oxygen atoms in total.